The Morgan fingerprint density at radius 1 is 1.70 bits per heavy atom. The van der Waals surface area contributed by atoms with Crippen LogP contribution in [0.15, 0.2) is 12.2 Å². The Morgan fingerprint density at radius 3 is 2.50 bits per heavy atom. The summed E-state index contributed by atoms with van der Waals surface area (Å²) in [6, 6.07) is 0. The highest BCUT2D eigenvalue weighted by Gasteiger charge is 2.03. The van der Waals surface area contributed by atoms with Gasteiger partial charge in [0.15, 0.2) is 5.78 Å². The van der Waals surface area contributed by atoms with Gasteiger partial charge in [-0.05, 0) is 12.5 Å². The summed E-state index contributed by atoms with van der Waals surface area (Å²) in [6.07, 6.45) is 0.155. The van der Waals surface area contributed by atoms with E-state index in [1.165, 1.54) is 6.92 Å². The Hall–Kier alpha value is -1.19. The highest BCUT2D eigenvalue weighted by Crippen LogP contribution is 1.97. The predicted octanol–water partition coefficient (Wildman–Crippen LogP) is 0.798. The van der Waals surface area contributed by atoms with E-state index >= 15 is 0 Å². The summed E-state index contributed by atoms with van der Waals surface area (Å²) >= 11 is 0. The van der Waals surface area contributed by atoms with E-state index < -0.39 is 4.92 Å². The first-order valence-corrected chi connectivity index (χ1v) is 2.84. The number of Topliss-reactive ketones (excluding diaryl/α,β-unsaturated/α-hetero) is 1. The zero-order valence-corrected chi connectivity index (χ0v) is 5.79. The van der Waals surface area contributed by atoms with Gasteiger partial charge in [-0.25, -0.2) is 0 Å². The van der Waals surface area contributed by atoms with Gasteiger partial charge in [-0.2, -0.15) is 0 Å². The van der Waals surface area contributed by atoms with Crippen LogP contribution in [0.2, 0.25) is 0 Å². The fourth-order valence-electron chi connectivity index (χ4n) is 0.402. The van der Waals surface area contributed by atoms with Crippen molar-refractivity contribution in [3.05, 3.63) is 22.3 Å². The Morgan fingerprint density at radius 2 is 2.20 bits per heavy atom. The van der Waals surface area contributed by atoms with Crippen LogP contribution < -0.4 is 0 Å². The van der Waals surface area contributed by atoms with E-state index in [-0.39, 0.29) is 18.7 Å². The summed E-state index contributed by atoms with van der Waals surface area (Å²) in [5, 5.41) is 9.78. The molecule has 0 amide bonds. The van der Waals surface area contributed by atoms with Crippen molar-refractivity contribution in [2.24, 2.45) is 0 Å². The standard InChI is InChI=1S/C6H9NO3/c1-5(6(2)8)3-4-7(9)10/h1,3-4H2,2H3. The molecule has 0 spiro atoms. The number of hydrogen-bond acceptors (Lipinski definition) is 3. The number of nitro groups is 1. The molecule has 0 aliphatic carbocycles. The molecule has 0 N–H and O–H groups in total. The summed E-state index contributed by atoms with van der Waals surface area (Å²) in [5.41, 5.74) is 0.316. The number of rotatable bonds is 4. The molecule has 0 fully saturated rings. The number of nitrogens with zero attached hydrogens (tertiary/aromatic N) is 1. The van der Waals surface area contributed by atoms with Crippen molar-refractivity contribution in [2.45, 2.75) is 13.3 Å². The third-order valence-corrected chi connectivity index (χ3v) is 1.09. The van der Waals surface area contributed by atoms with Crippen molar-refractivity contribution in [2.75, 3.05) is 6.54 Å². The summed E-state index contributed by atoms with van der Waals surface area (Å²) in [4.78, 5) is 19.7. The molecule has 0 aliphatic rings. The monoisotopic (exact) mass is 143 g/mol. The second-order valence-electron chi connectivity index (χ2n) is 1.97. The average molecular weight is 143 g/mol. The Balaban J connectivity index is 3.60. The molecule has 0 saturated heterocycles. The molecule has 0 atom stereocenters. The third kappa shape index (κ3) is 3.77. The number of carbonyl (C=O) groups excluding carboxylic acids is 1. The molecule has 0 heterocycles. The molecule has 0 bridgehead atoms. The maximum Gasteiger partial charge on any atom is 0.208 e. The largest absolute Gasteiger partial charge is 0.295 e. The second kappa shape index (κ2) is 3.76. The minimum absolute atomic E-state index is 0.155. The van der Waals surface area contributed by atoms with Crippen LogP contribution >= 0.6 is 0 Å². The number of carbonyl (C=O) groups is 1. The topological polar surface area (TPSA) is 60.2 Å². The van der Waals surface area contributed by atoms with E-state index in [1.807, 2.05) is 0 Å². The molecule has 0 rings (SSSR count). The summed E-state index contributed by atoms with van der Waals surface area (Å²) in [5.74, 6) is -0.179. The third-order valence-electron chi connectivity index (χ3n) is 1.09. The van der Waals surface area contributed by atoms with Crippen molar-refractivity contribution < 1.29 is 9.72 Å². The van der Waals surface area contributed by atoms with E-state index in [9.17, 15) is 14.9 Å². The van der Waals surface area contributed by atoms with Crippen LogP contribution in [0.3, 0.4) is 0 Å². The van der Waals surface area contributed by atoms with Crippen LogP contribution in [-0.2, 0) is 4.79 Å². The molecular weight excluding hydrogens is 134 g/mol. The van der Waals surface area contributed by atoms with Crippen LogP contribution in [0.5, 0.6) is 0 Å². The zero-order valence-electron chi connectivity index (χ0n) is 5.79. The van der Waals surface area contributed by atoms with Gasteiger partial charge in [0.1, 0.15) is 0 Å². The quantitative estimate of drug-likeness (QED) is 0.332. The Bertz CT molecular complexity index is 174. The highest BCUT2D eigenvalue weighted by atomic mass is 16.6. The van der Waals surface area contributed by atoms with E-state index in [1.54, 1.807) is 0 Å². The van der Waals surface area contributed by atoms with Crippen molar-refractivity contribution in [3.63, 3.8) is 0 Å². The minimum Gasteiger partial charge on any atom is -0.295 e. The lowest BCUT2D eigenvalue weighted by atomic mass is 10.1. The fourth-order valence-corrected chi connectivity index (χ4v) is 0.402. The lowest BCUT2D eigenvalue weighted by Gasteiger charge is -1.94. The summed E-state index contributed by atoms with van der Waals surface area (Å²) in [6.45, 7) is 4.51. The Kier molecular flexibility index (Phi) is 3.32. The maximum absolute atomic E-state index is 10.4. The smallest absolute Gasteiger partial charge is 0.208 e. The first kappa shape index (κ1) is 8.81. The van der Waals surface area contributed by atoms with Crippen LogP contribution in [0.4, 0.5) is 0 Å². The molecule has 0 aromatic carbocycles. The van der Waals surface area contributed by atoms with Crippen LogP contribution in [-0.4, -0.2) is 17.3 Å². The lowest BCUT2D eigenvalue weighted by Crippen LogP contribution is -2.04. The van der Waals surface area contributed by atoms with E-state index in [0.717, 1.165) is 0 Å². The molecular formula is C6H9NO3. The van der Waals surface area contributed by atoms with E-state index in [2.05, 4.69) is 6.58 Å². The molecule has 0 unspecified atom stereocenters. The van der Waals surface area contributed by atoms with Gasteiger partial charge in [0, 0.05) is 11.3 Å². The van der Waals surface area contributed by atoms with Gasteiger partial charge in [0.2, 0.25) is 6.54 Å². The van der Waals surface area contributed by atoms with Crippen molar-refractivity contribution in [3.8, 4) is 0 Å². The molecule has 0 aromatic heterocycles. The first-order valence-electron chi connectivity index (χ1n) is 2.84. The van der Waals surface area contributed by atoms with Crippen LogP contribution in [0, 0.1) is 10.1 Å². The SMILES string of the molecule is C=C(CC[N+](=O)[O-])C(C)=O. The molecule has 10 heavy (non-hydrogen) atoms. The van der Waals surface area contributed by atoms with Crippen LogP contribution in [0.25, 0.3) is 0 Å². The molecule has 56 valence electrons. The average Bonchev–Trinajstić information content (AvgIpc) is 1.82. The van der Waals surface area contributed by atoms with Gasteiger partial charge in [-0.15, -0.1) is 0 Å². The molecule has 4 heteroatoms. The second-order valence-corrected chi connectivity index (χ2v) is 1.97. The summed E-state index contributed by atoms with van der Waals surface area (Å²) < 4.78 is 0. The van der Waals surface area contributed by atoms with E-state index in [0.29, 0.717) is 5.57 Å². The maximum atomic E-state index is 10.4. The first-order chi connectivity index (χ1) is 4.54. The van der Waals surface area contributed by atoms with Gasteiger partial charge in [-0.3, -0.25) is 14.9 Å². The zero-order chi connectivity index (χ0) is 8.15. The number of ketones is 1. The normalized spacial score (nSPS) is 8.90. The molecule has 0 aromatic rings. The van der Waals surface area contributed by atoms with Crippen molar-refractivity contribution >= 4 is 5.78 Å². The van der Waals surface area contributed by atoms with Crippen molar-refractivity contribution in [1.29, 1.82) is 0 Å². The minimum atomic E-state index is -0.464. The Labute approximate surface area is 58.7 Å². The van der Waals surface area contributed by atoms with E-state index in [4.69, 9.17) is 0 Å². The molecule has 0 radical (unpaired) electrons. The van der Waals surface area contributed by atoms with Crippen molar-refractivity contribution in [1.82, 2.24) is 0 Å². The van der Waals surface area contributed by atoms with Gasteiger partial charge >= 0.3 is 0 Å². The highest BCUT2D eigenvalue weighted by molar-refractivity contribution is 5.92. The van der Waals surface area contributed by atoms with Gasteiger partial charge in [0.05, 0.1) is 0 Å². The summed E-state index contributed by atoms with van der Waals surface area (Å²) in [7, 11) is 0. The molecule has 0 saturated carbocycles. The fraction of sp³-hybridized carbons (Fsp3) is 0.500. The van der Waals surface area contributed by atoms with Gasteiger partial charge in [-0.1, -0.05) is 6.58 Å². The van der Waals surface area contributed by atoms with Gasteiger partial charge < -0.3 is 0 Å². The predicted molar refractivity (Wildman–Crippen MR) is 36.3 cm³/mol. The lowest BCUT2D eigenvalue weighted by molar-refractivity contribution is -0.479. The molecule has 4 nitrogen and oxygen atoms in total. The molecule has 0 aliphatic heterocycles. The van der Waals surface area contributed by atoms with Crippen LogP contribution in [0.1, 0.15) is 13.3 Å². The van der Waals surface area contributed by atoms with Gasteiger partial charge in [0.25, 0.3) is 0 Å². The number of hydrogen-bond donors (Lipinski definition) is 0.